The Morgan fingerprint density at radius 1 is 1.35 bits per heavy atom. The van der Waals surface area contributed by atoms with Crippen LogP contribution in [0.3, 0.4) is 0 Å². The second kappa shape index (κ2) is 10.4. The fraction of sp³-hybridized carbons (Fsp3) is 0.714. The van der Waals surface area contributed by atoms with Crippen molar-refractivity contribution in [3.63, 3.8) is 0 Å². The first-order chi connectivity index (χ1) is 8.13. The van der Waals surface area contributed by atoms with E-state index in [-0.39, 0.29) is 0 Å². The summed E-state index contributed by atoms with van der Waals surface area (Å²) in [5.41, 5.74) is 1.47. The minimum absolute atomic E-state index is 0.971. The largest absolute Gasteiger partial charge is 0.380 e. The van der Waals surface area contributed by atoms with Crippen molar-refractivity contribution in [2.24, 2.45) is 0 Å². The van der Waals surface area contributed by atoms with Crippen molar-refractivity contribution in [2.75, 3.05) is 39.9 Å². The van der Waals surface area contributed by atoms with Crippen molar-refractivity contribution in [3.8, 4) is 0 Å². The average molecular weight is 239 g/mol. The van der Waals surface area contributed by atoms with E-state index in [1.165, 1.54) is 12.0 Å². The van der Waals surface area contributed by atoms with E-state index in [0.29, 0.717) is 0 Å². The summed E-state index contributed by atoms with van der Waals surface area (Å²) in [5.74, 6) is 0. The summed E-state index contributed by atoms with van der Waals surface area (Å²) in [6.45, 7) is 15.5. The van der Waals surface area contributed by atoms with Crippen LogP contribution in [0.25, 0.3) is 0 Å². The lowest BCUT2D eigenvalue weighted by Gasteiger charge is -2.22. The normalized spacial score (nSPS) is 11.9. The van der Waals surface area contributed by atoms with E-state index >= 15 is 0 Å². The van der Waals surface area contributed by atoms with Gasteiger partial charge in [-0.1, -0.05) is 25.2 Å². The molecule has 0 radical (unpaired) electrons. The smallest absolute Gasteiger partial charge is 0.0481 e. The summed E-state index contributed by atoms with van der Waals surface area (Å²) in [6, 6.07) is 0. The Hall–Kier alpha value is -0.800. The highest BCUT2D eigenvalue weighted by molar-refractivity contribution is 4.95. The van der Waals surface area contributed by atoms with Gasteiger partial charge in [-0.15, -0.1) is 0 Å². The topological polar surface area (TPSA) is 18.5 Å². The number of allylic oxidation sites excluding steroid dienone is 1. The first-order valence-corrected chi connectivity index (χ1v) is 6.51. The van der Waals surface area contributed by atoms with Gasteiger partial charge in [-0.05, 0) is 33.0 Å². The zero-order valence-electron chi connectivity index (χ0n) is 12.0. The van der Waals surface area contributed by atoms with Crippen LogP contribution in [0.5, 0.6) is 0 Å². The van der Waals surface area contributed by atoms with Gasteiger partial charge in [0.2, 0.25) is 0 Å². The molecular weight excluding hydrogens is 210 g/mol. The number of nitrogens with one attached hydrogen (secondary N) is 1. The van der Waals surface area contributed by atoms with Crippen LogP contribution in [0.4, 0.5) is 0 Å². The second-order valence-electron chi connectivity index (χ2n) is 4.42. The Morgan fingerprint density at radius 3 is 2.59 bits per heavy atom. The highest BCUT2D eigenvalue weighted by Crippen LogP contribution is 2.00. The van der Waals surface area contributed by atoms with Crippen LogP contribution in [0.15, 0.2) is 24.4 Å². The summed E-state index contributed by atoms with van der Waals surface area (Å²) in [4.78, 5) is 4.52. The molecule has 100 valence electrons. The van der Waals surface area contributed by atoms with Crippen molar-refractivity contribution in [1.82, 2.24) is 15.1 Å². The van der Waals surface area contributed by atoms with Gasteiger partial charge in [0.25, 0.3) is 0 Å². The SMILES string of the molecule is C=CN(C)CCNCN(CC)CC/C(C)=C\C. The standard InChI is InChI=1S/C14H29N3/c1-6-14(4)9-11-17(8-3)13-15-10-12-16(5)7-2/h6-7,15H,2,8-13H2,1,3-5H3/b14-6-. The van der Waals surface area contributed by atoms with Gasteiger partial charge in [0.05, 0.1) is 0 Å². The van der Waals surface area contributed by atoms with Crippen LogP contribution >= 0.6 is 0 Å². The Kier molecular flexibility index (Phi) is 9.87. The minimum Gasteiger partial charge on any atom is -0.380 e. The Balaban J connectivity index is 3.64. The molecule has 3 nitrogen and oxygen atoms in total. The molecule has 0 unspecified atom stereocenters. The highest BCUT2D eigenvalue weighted by Gasteiger charge is 2.01. The molecule has 0 aromatic carbocycles. The molecule has 0 aliphatic carbocycles. The van der Waals surface area contributed by atoms with E-state index in [1.54, 1.807) is 0 Å². The van der Waals surface area contributed by atoms with Gasteiger partial charge in [-0.3, -0.25) is 4.90 Å². The number of hydrogen-bond donors (Lipinski definition) is 1. The maximum atomic E-state index is 3.73. The quantitative estimate of drug-likeness (QED) is 0.358. The first kappa shape index (κ1) is 16.2. The molecule has 17 heavy (non-hydrogen) atoms. The van der Waals surface area contributed by atoms with Gasteiger partial charge in [0.1, 0.15) is 0 Å². The molecule has 0 aromatic rings. The van der Waals surface area contributed by atoms with Crippen molar-refractivity contribution < 1.29 is 0 Å². The molecule has 0 spiro atoms. The van der Waals surface area contributed by atoms with Gasteiger partial charge in [-0.25, -0.2) is 0 Å². The molecule has 0 rings (SSSR count). The van der Waals surface area contributed by atoms with Gasteiger partial charge < -0.3 is 10.2 Å². The summed E-state index contributed by atoms with van der Waals surface area (Å²) in [5, 5.41) is 3.46. The van der Waals surface area contributed by atoms with E-state index < -0.39 is 0 Å². The zero-order valence-corrected chi connectivity index (χ0v) is 12.0. The van der Waals surface area contributed by atoms with Crippen molar-refractivity contribution >= 4 is 0 Å². The van der Waals surface area contributed by atoms with E-state index in [4.69, 9.17) is 0 Å². The molecule has 0 amide bonds. The number of likely N-dealkylation sites (N-methyl/N-ethyl adjacent to an activating group) is 1. The third-order valence-corrected chi connectivity index (χ3v) is 3.05. The van der Waals surface area contributed by atoms with E-state index in [1.807, 2.05) is 13.2 Å². The molecule has 0 bridgehead atoms. The van der Waals surface area contributed by atoms with Crippen molar-refractivity contribution in [1.29, 1.82) is 0 Å². The van der Waals surface area contributed by atoms with E-state index in [9.17, 15) is 0 Å². The second-order valence-corrected chi connectivity index (χ2v) is 4.42. The molecule has 0 fully saturated rings. The van der Waals surface area contributed by atoms with Crippen molar-refractivity contribution in [2.45, 2.75) is 27.2 Å². The fourth-order valence-electron chi connectivity index (χ4n) is 1.41. The molecule has 0 saturated carbocycles. The molecule has 0 aromatic heterocycles. The predicted octanol–water partition coefficient (Wildman–Crippen LogP) is 2.29. The monoisotopic (exact) mass is 239 g/mol. The van der Waals surface area contributed by atoms with Gasteiger partial charge in [0, 0.05) is 33.4 Å². The minimum atomic E-state index is 0.971. The van der Waals surface area contributed by atoms with Gasteiger partial charge in [0.15, 0.2) is 0 Å². The molecule has 3 heteroatoms. The van der Waals surface area contributed by atoms with E-state index in [2.05, 4.69) is 48.5 Å². The third-order valence-electron chi connectivity index (χ3n) is 3.05. The lowest BCUT2D eigenvalue weighted by Crippen LogP contribution is -2.37. The van der Waals surface area contributed by atoms with Crippen molar-refractivity contribution in [3.05, 3.63) is 24.4 Å². The lowest BCUT2D eigenvalue weighted by atomic mass is 10.2. The lowest BCUT2D eigenvalue weighted by molar-refractivity contribution is 0.264. The average Bonchev–Trinajstić information content (AvgIpc) is 2.36. The highest BCUT2D eigenvalue weighted by atomic mass is 15.2. The summed E-state index contributed by atoms with van der Waals surface area (Å²) in [6.07, 6.45) is 5.22. The van der Waals surface area contributed by atoms with Crippen LogP contribution in [0, 0.1) is 0 Å². The molecule has 1 N–H and O–H groups in total. The summed E-state index contributed by atoms with van der Waals surface area (Å²) in [7, 11) is 2.04. The number of rotatable bonds is 10. The van der Waals surface area contributed by atoms with Gasteiger partial charge >= 0.3 is 0 Å². The molecule has 0 heterocycles. The fourth-order valence-corrected chi connectivity index (χ4v) is 1.41. The molecule has 0 atom stereocenters. The Morgan fingerprint density at radius 2 is 2.06 bits per heavy atom. The van der Waals surface area contributed by atoms with Crippen LogP contribution in [-0.4, -0.2) is 49.7 Å². The van der Waals surface area contributed by atoms with Crippen LogP contribution < -0.4 is 5.32 Å². The summed E-state index contributed by atoms with van der Waals surface area (Å²) < 4.78 is 0. The number of hydrogen-bond acceptors (Lipinski definition) is 3. The molecule has 0 aliphatic heterocycles. The Labute approximate surface area is 107 Å². The molecule has 0 aliphatic rings. The maximum absolute atomic E-state index is 3.73. The first-order valence-electron chi connectivity index (χ1n) is 6.51. The van der Waals surface area contributed by atoms with Crippen LogP contribution in [0.2, 0.25) is 0 Å². The molecular formula is C14H29N3. The Bertz CT molecular complexity index is 224. The maximum Gasteiger partial charge on any atom is 0.0481 e. The predicted molar refractivity (Wildman–Crippen MR) is 77.0 cm³/mol. The van der Waals surface area contributed by atoms with E-state index in [0.717, 1.165) is 32.8 Å². The van der Waals surface area contributed by atoms with Crippen LogP contribution in [0.1, 0.15) is 27.2 Å². The van der Waals surface area contributed by atoms with Crippen LogP contribution in [-0.2, 0) is 0 Å². The zero-order chi connectivity index (χ0) is 13.1. The summed E-state index contributed by atoms with van der Waals surface area (Å²) >= 11 is 0. The number of nitrogens with zero attached hydrogens (tertiary/aromatic N) is 2. The molecule has 0 saturated heterocycles. The third kappa shape index (κ3) is 8.95. The van der Waals surface area contributed by atoms with Gasteiger partial charge in [-0.2, -0.15) is 0 Å².